The molecule has 1 amide bonds. The van der Waals surface area contributed by atoms with Crippen LogP contribution in [0.4, 0.5) is 17.6 Å². The van der Waals surface area contributed by atoms with Crippen LogP contribution in [0.5, 0.6) is 0 Å². The first-order chi connectivity index (χ1) is 12.3. The van der Waals surface area contributed by atoms with Gasteiger partial charge in [0.1, 0.15) is 5.82 Å². The highest BCUT2D eigenvalue weighted by molar-refractivity contribution is 5.96. The van der Waals surface area contributed by atoms with E-state index in [1.807, 2.05) is 0 Å². The lowest BCUT2D eigenvalue weighted by Gasteiger charge is -2.43. The molecule has 3 rings (SSSR count). The first-order valence-corrected chi connectivity index (χ1v) is 8.23. The van der Waals surface area contributed by atoms with Gasteiger partial charge in [-0.15, -0.1) is 0 Å². The Hall–Kier alpha value is -2.63. The molecule has 2 aromatic rings. The fourth-order valence-electron chi connectivity index (χ4n) is 3.13. The number of carbonyl (C=O) groups excluding carboxylic acids is 1. The SMILES string of the molecule is O=C(/C=C(/c1ccccc1)C(F)(F)F)NC1(c2ccc(F)cc2)CCC1. The lowest BCUT2D eigenvalue weighted by Crippen LogP contribution is -2.50. The van der Waals surface area contributed by atoms with Gasteiger partial charge in [0.15, 0.2) is 0 Å². The van der Waals surface area contributed by atoms with Gasteiger partial charge in [0.25, 0.3) is 0 Å². The molecule has 0 atom stereocenters. The van der Waals surface area contributed by atoms with E-state index in [1.165, 1.54) is 36.4 Å². The monoisotopic (exact) mass is 363 g/mol. The smallest absolute Gasteiger partial charge is 0.343 e. The van der Waals surface area contributed by atoms with Gasteiger partial charge in [-0.25, -0.2) is 4.39 Å². The zero-order valence-corrected chi connectivity index (χ0v) is 13.8. The van der Waals surface area contributed by atoms with Gasteiger partial charge in [-0.1, -0.05) is 42.5 Å². The Morgan fingerprint density at radius 2 is 1.62 bits per heavy atom. The van der Waals surface area contributed by atoms with E-state index in [0.29, 0.717) is 24.5 Å². The van der Waals surface area contributed by atoms with Crippen molar-refractivity contribution in [2.75, 3.05) is 0 Å². The van der Waals surface area contributed by atoms with E-state index in [2.05, 4.69) is 5.32 Å². The fraction of sp³-hybridized carbons (Fsp3) is 0.250. The maximum absolute atomic E-state index is 13.4. The fourth-order valence-corrected chi connectivity index (χ4v) is 3.13. The molecule has 0 unspecified atom stereocenters. The molecule has 0 aliphatic heterocycles. The number of hydrogen-bond acceptors (Lipinski definition) is 1. The zero-order chi connectivity index (χ0) is 18.8. The Labute approximate surface area is 148 Å². The molecule has 0 radical (unpaired) electrons. The van der Waals surface area contributed by atoms with Crippen molar-refractivity contribution in [2.45, 2.75) is 31.0 Å². The first kappa shape index (κ1) is 18.2. The molecule has 26 heavy (non-hydrogen) atoms. The van der Waals surface area contributed by atoms with Gasteiger partial charge in [0.2, 0.25) is 5.91 Å². The van der Waals surface area contributed by atoms with Crippen LogP contribution in [0, 0.1) is 5.82 Å². The number of allylic oxidation sites excluding steroid dienone is 1. The van der Waals surface area contributed by atoms with E-state index >= 15 is 0 Å². The van der Waals surface area contributed by atoms with Crippen LogP contribution in [0.1, 0.15) is 30.4 Å². The zero-order valence-electron chi connectivity index (χ0n) is 13.8. The van der Waals surface area contributed by atoms with Gasteiger partial charge in [-0.2, -0.15) is 13.2 Å². The molecule has 0 bridgehead atoms. The summed E-state index contributed by atoms with van der Waals surface area (Å²) in [7, 11) is 0. The van der Waals surface area contributed by atoms with Gasteiger partial charge in [-0.3, -0.25) is 4.79 Å². The Kier molecular flexibility index (Phi) is 4.85. The molecule has 1 N–H and O–H groups in total. The van der Waals surface area contributed by atoms with Crippen molar-refractivity contribution in [3.05, 3.63) is 77.6 Å². The molecule has 2 aromatic carbocycles. The molecule has 1 fully saturated rings. The van der Waals surface area contributed by atoms with Crippen molar-refractivity contribution in [1.82, 2.24) is 5.32 Å². The summed E-state index contributed by atoms with van der Waals surface area (Å²) >= 11 is 0. The maximum atomic E-state index is 13.4. The predicted molar refractivity (Wildman–Crippen MR) is 90.5 cm³/mol. The van der Waals surface area contributed by atoms with Crippen molar-refractivity contribution >= 4 is 11.5 Å². The third-order valence-electron chi connectivity index (χ3n) is 4.63. The molecule has 0 spiro atoms. The highest BCUT2D eigenvalue weighted by Gasteiger charge is 2.41. The molecule has 0 aromatic heterocycles. The number of hydrogen-bond donors (Lipinski definition) is 1. The summed E-state index contributed by atoms with van der Waals surface area (Å²) in [6.07, 6.45) is -2.01. The number of halogens is 4. The summed E-state index contributed by atoms with van der Waals surface area (Å²) in [5.74, 6) is -1.22. The third-order valence-corrected chi connectivity index (χ3v) is 4.63. The van der Waals surface area contributed by atoms with E-state index < -0.39 is 29.0 Å². The topological polar surface area (TPSA) is 29.1 Å². The minimum atomic E-state index is -4.65. The highest BCUT2D eigenvalue weighted by Crippen LogP contribution is 2.41. The normalized spacial score (nSPS) is 16.7. The molecule has 1 aliphatic rings. The van der Waals surface area contributed by atoms with E-state index in [9.17, 15) is 22.4 Å². The van der Waals surface area contributed by atoms with Gasteiger partial charge in [0.05, 0.1) is 11.1 Å². The number of carbonyl (C=O) groups is 1. The molecule has 0 saturated heterocycles. The van der Waals surface area contributed by atoms with Crippen molar-refractivity contribution in [1.29, 1.82) is 0 Å². The second-order valence-corrected chi connectivity index (χ2v) is 6.35. The van der Waals surface area contributed by atoms with Crippen LogP contribution in [-0.4, -0.2) is 12.1 Å². The first-order valence-electron chi connectivity index (χ1n) is 8.23. The highest BCUT2D eigenvalue weighted by atomic mass is 19.4. The van der Waals surface area contributed by atoms with E-state index in [4.69, 9.17) is 0 Å². The molecule has 136 valence electrons. The number of rotatable bonds is 4. The predicted octanol–water partition coefficient (Wildman–Crippen LogP) is 4.97. The standard InChI is InChI=1S/C20H17F4NO/c21-16-9-7-15(8-10-16)19(11-4-12-19)25-18(26)13-17(20(22,23)24)14-5-2-1-3-6-14/h1-3,5-10,13H,4,11-12H2,(H,25,26)/b17-13-. The Balaban J connectivity index is 1.87. The third kappa shape index (κ3) is 3.79. The largest absolute Gasteiger partial charge is 0.417 e. The summed E-state index contributed by atoms with van der Waals surface area (Å²) in [6, 6.07) is 12.9. The van der Waals surface area contributed by atoms with Crippen LogP contribution in [0.25, 0.3) is 5.57 Å². The molecular formula is C20H17F4NO. The van der Waals surface area contributed by atoms with Crippen LogP contribution >= 0.6 is 0 Å². The van der Waals surface area contributed by atoms with Gasteiger partial charge < -0.3 is 5.32 Å². The Bertz CT molecular complexity index is 806. The van der Waals surface area contributed by atoms with Crippen molar-refractivity contribution < 1.29 is 22.4 Å². The molecule has 1 aliphatic carbocycles. The Morgan fingerprint density at radius 3 is 2.12 bits per heavy atom. The summed E-state index contributed by atoms with van der Waals surface area (Å²) in [6.45, 7) is 0. The lowest BCUT2D eigenvalue weighted by molar-refractivity contribution is -0.120. The molecule has 1 saturated carbocycles. The Morgan fingerprint density at radius 1 is 1.00 bits per heavy atom. The van der Waals surface area contributed by atoms with Crippen LogP contribution in [-0.2, 0) is 10.3 Å². The minimum Gasteiger partial charge on any atom is -0.343 e. The number of benzene rings is 2. The van der Waals surface area contributed by atoms with Crippen LogP contribution in [0.2, 0.25) is 0 Å². The van der Waals surface area contributed by atoms with Crippen molar-refractivity contribution in [2.24, 2.45) is 0 Å². The van der Waals surface area contributed by atoms with Crippen molar-refractivity contribution in [3.8, 4) is 0 Å². The average Bonchev–Trinajstić information content (AvgIpc) is 2.57. The minimum absolute atomic E-state index is 0.0698. The average molecular weight is 363 g/mol. The number of amides is 1. The summed E-state index contributed by atoms with van der Waals surface area (Å²) in [5, 5.41) is 2.70. The summed E-state index contributed by atoms with van der Waals surface area (Å²) < 4.78 is 53.2. The summed E-state index contributed by atoms with van der Waals surface area (Å²) in [5.41, 5.74) is -1.11. The molecule has 2 nitrogen and oxygen atoms in total. The van der Waals surface area contributed by atoms with Gasteiger partial charge in [-0.05, 0) is 42.5 Å². The molecular weight excluding hydrogens is 346 g/mol. The van der Waals surface area contributed by atoms with Gasteiger partial charge >= 0.3 is 6.18 Å². The quantitative estimate of drug-likeness (QED) is 0.603. The van der Waals surface area contributed by atoms with Crippen LogP contribution in [0.15, 0.2) is 60.7 Å². The number of nitrogens with one attached hydrogen (secondary N) is 1. The van der Waals surface area contributed by atoms with E-state index in [-0.39, 0.29) is 5.56 Å². The molecule has 0 heterocycles. The van der Waals surface area contributed by atoms with Crippen molar-refractivity contribution in [3.63, 3.8) is 0 Å². The lowest BCUT2D eigenvalue weighted by atomic mass is 9.71. The van der Waals surface area contributed by atoms with Crippen LogP contribution in [0.3, 0.4) is 0 Å². The second kappa shape index (κ2) is 6.94. The maximum Gasteiger partial charge on any atom is 0.417 e. The number of alkyl halides is 3. The van der Waals surface area contributed by atoms with Crippen LogP contribution < -0.4 is 5.32 Å². The summed E-state index contributed by atoms with van der Waals surface area (Å²) in [4.78, 5) is 12.4. The second-order valence-electron chi connectivity index (χ2n) is 6.35. The van der Waals surface area contributed by atoms with E-state index in [1.54, 1.807) is 18.2 Å². The van der Waals surface area contributed by atoms with E-state index in [0.717, 1.165) is 6.42 Å². The van der Waals surface area contributed by atoms with Gasteiger partial charge in [0, 0.05) is 6.08 Å². The molecule has 6 heteroatoms.